The quantitative estimate of drug-likeness (QED) is 0.223. The van der Waals surface area contributed by atoms with E-state index in [2.05, 4.69) is 31.2 Å². The molecule has 0 amide bonds. The van der Waals surface area contributed by atoms with Crippen molar-refractivity contribution in [3.8, 4) is 28.0 Å². The average molecular weight is 558 g/mol. The van der Waals surface area contributed by atoms with E-state index < -0.39 is 5.60 Å². The third kappa shape index (κ3) is 9.54. The Balaban J connectivity index is 0.000000850. The monoisotopic (exact) mass is 557 g/mol. The maximum absolute atomic E-state index is 13.2. The van der Waals surface area contributed by atoms with Crippen LogP contribution in [0.4, 0.5) is 4.39 Å². The number of pyridine rings is 1. The van der Waals surface area contributed by atoms with E-state index in [0.29, 0.717) is 19.0 Å². The fourth-order valence-corrected chi connectivity index (χ4v) is 4.32. The van der Waals surface area contributed by atoms with Crippen molar-refractivity contribution in [1.82, 2.24) is 4.98 Å². The van der Waals surface area contributed by atoms with Crippen LogP contribution in [0.2, 0.25) is 0 Å². The molecule has 0 aliphatic carbocycles. The Kier molecular flexibility index (Phi) is 10.8. The first-order chi connectivity index (χ1) is 19.4. The van der Waals surface area contributed by atoms with Crippen molar-refractivity contribution < 1.29 is 23.8 Å². The van der Waals surface area contributed by atoms with Gasteiger partial charge < -0.3 is 14.6 Å². The Morgan fingerprint density at radius 3 is 1.93 bits per heavy atom. The second-order valence-electron chi connectivity index (χ2n) is 11.0. The van der Waals surface area contributed by atoms with E-state index in [1.807, 2.05) is 45.0 Å². The van der Waals surface area contributed by atoms with E-state index in [4.69, 9.17) is 19.6 Å². The molecule has 0 aliphatic rings. The zero-order chi connectivity index (χ0) is 30.2. The van der Waals surface area contributed by atoms with Crippen LogP contribution in [0.15, 0.2) is 72.8 Å². The van der Waals surface area contributed by atoms with E-state index in [1.165, 1.54) is 12.1 Å². The summed E-state index contributed by atoms with van der Waals surface area (Å²) in [5.41, 5.74) is 8.11. The molecule has 3 aromatic carbocycles. The normalized spacial score (nSPS) is 11.0. The van der Waals surface area contributed by atoms with Gasteiger partial charge in [-0.2, -0.15) is 0 Å². The number of aromatic nitrogens is 1. The van der Waals surface area contributed by atoms with Crippen LogP contribution in [-0.4, -0.2) is 28.3 Å². The molecule has 0 fully saturated rings. The van der Waals surface area contributed by atoms with Crippen molar-refractivity contribution in [1.29, 1.82) is 0 Å². The number of nitrogens with zero attached hydrogens (tertiary/aromatic N) is 1. The van der Waals surface area contributed by atoms with Gasteiger partial charge in [-0.05, 0) is 101 Å². The average Bonchev–Trinajstić information content (AvgIpc) is 2.90. The SMILES string of the molecule is CC(C)(C)O.CCOC(=O)Cc1c(C)nc(C)c(-c2ccc(OCc3ccc(F)cc3)cc2)c1-c1ccc(C)cc1. The largest absolute Gasteiger partial charge is 0.489 e. The predicted octanol–water partition coefficient (Wildman–Crippen LogP) is 7.94. The summed E-state index contributed by atoms with van der Waals surface area (Å²) in [5, 5.41) is 8.52. The summed E-state index contributed by atoms with van der Waals surface area (Å²) in [6.07, 6.45) is 0.155. The number of carbonyl (C=O) groups is 1. The molecule has 0 unspecified atom stereocenters. The summed E-state index contributed by atoms with van der Waals surface area (Å²) in [5.74, 6) is 0.177. The summed E-state index contributed by atoms with van der Waals surface area (Å²) in [4.78, 5) is 17.3. The maximum Gasteiger partial charge on any atom is 0.310 e. The molecule has 0 atom stereocenters. The summed E-state index contributed by atoms with van der Waals surface area (Å²) in [7, 11) is 0. The zero-order valence-electron chi connectivity index (χ0n) is 25.0. The van der Waals surface area contributed by atoms with E-state index >= 15 is 0 Å². The molecule has 0 bridgehead atoms. The molecule has 1 aromatic heterocycles. The van der Waals surface area contributed by atoms with Crippen molar-refractivity contribution in [2.75, 3.05) is 6.61 Å². The van der Waals surface area contributed by atoms with Crippen molar-refractivity contribution >= 4 is 5.97 Å². The molecule has 1 N–H and O–H groups in total. The molecule has 0 aliphatic heterocycles. The smallest absolute Gasteiger partial charge is 0.310 e. The number of carbonyl (C=O) groups excluding carboxylic acids is 1. The lowest BCUT2D eigenvalue weighted by Crippen LogP contribution is -2.12. The van der Waals surface area contributed by atoms with Gasteiger partial charge in [-0.3, -0.25) is 9.78 Å². The summed E-state index contributed by atoms with van der Waals surface area (Å²) >= 11 is 0. The zero-order valence-corrected chi connectivity index (χ0v) is 25.0. The highest BCUT2D eigenvalue weighted by atomic mass is 19.1. The van der Waals surface area contributed by atoms with Gasteiger partial charge >= 0.3 is 5.97 Å². The van der Waals surface area contributed by atoms with Gasteiger partial charge in [-0.15, -0.1) is 0 Å². The van der Waals surface area contributed by atoms with E-state index in [1.54, 1.807) is 32.9 Å². The van der Waals surface area contributed by atoms with Gasteiger partial charge in [0.15, 0.2) is 0 Å². The number of ether oxygens (including phenoxy) is 2. The molecular formula is C35H40FNO4. The Morgan fingerprint density at radius 2 is 1.37 bits per heavy atom. The number of aryl methyl sites for hydroxylation is 3. The van der Waals surface area contributed by atoms with Crippen LogP contribution < -0.4 is 4.74 Å². The first-order valence-electron chi connectivity index (χ1n) is 13.8. The summed E-state index contributed by atoms with van der Waals surface area (Å²) in [6.45, 7) is 13.7. The van der Waals surface area contributed by atoms with Crippen LogP contribution >= 0.6 is 0 Å². The highest BCUT2D eigenvalue weighted by molar-refractivity contribution is 5.90. The summed E-state index contributed by atoms with van der Waals surface area (Å²) < 4.78 is 24.3. The lowest BCUT2D eigenvalue weighted by atomic mass is 9.87. The number of hydrogen-bond acceptors (Lipinski definition) is 5. The van der Waals surface area contributed by atoms with Gasteiger partial charge in [-0.25, -0.2) is 4.39 Å². The molecule has 0 saturated carbocycles. The number of halogens is 1. The number of benzene rings is 3. The topological polar surface area (TPSA) is 68.7 Å². The molecule has 4 aromatic rings. The molecule has 1 heterocycles. The molecule has 216 valence electrons. The fourth-order valence-electron chi connectivity index (χ4n) is 4.32. The molecule has 0 radical (unpaired) electrons. The number of esters is 1. The lowest BCUT2D eigenvalue weighted by molar-refractivity contribution is -0.142. The Hall–Kier alpha value is -4.03. The fraction of sp³-hybridized carbons (Fsp3) is 0.314. The second-order valence-corrected chi connectivity index (χ2v) is 11.0. The van der Waals surface area contributed by atoms with Crippen LogP contribution in [-0.2, 0) is 22.6 Å². The first-order valence-corrected chi connectivity index (χ1v) is 13.8. The third-order valence-corrected chi connectivity index (χ3v) is 6.11. The second kappa shape index (κ2) is 14.0. The van der Waals surface area contributed by atoms with E-state index in [9.17, 15) is 9.18 Å². The Morgan fingerprint density at radius 1 is 0.829 bits per heavy atom. The van der Waals surface area contributed by atoms with Crippen LogP contribution in [0.1, 0.15) is 55.8 Å². The molecule has 6 heteroatoms. The lowest BCUT2D eigenvalue weighted by Gasteiger charge is -2.20. The molecule has 0 spiro atoms. The van der Waals surface area contributed by atoms with Crippen molar-refractivity contribution in [2.24, 2.45) is 0 Å². The molecule has 4 rings (SSSR count). The van der Waals surface area contributed by atoms with E-state index in [0.717, 1.165) is 50.3 Å². The Bertz CT molecular complexity index is 1430. The van der Waals surface area contributed by atoms with Gasteiger partial charge in [0.2, 0.25) is 0 Å². The third-order valence-electron chi connectivity index (χ3n) is 6.11. The highest BCUT2D eigenvalue weighted by Gasteiger charge is 2.21. The predicted molar refractivity (Wildman–Crippen MR) is 162 cm³/mol. The van der Waals surface area contributed by atoms with Gasteiger partial charge in [0, 0.05) is 17.0 Å². The van der Waals surface area contributed by atoms with E-state index in [-0.39, 0.29) is 18.2 Å². The van der Waals surface area contributed by atoms with Crippen molar-refractivity contribution in [2.45, 2.75) is 67.1 Å². The number of aliphatic hydroxyl groups is 1. The number of rotatable bonds is 8. The standard InChI is InChI=1S/C31H30FNO3.C4H10O/c1-5-35-29(34)18-28-21(3)33-22(4)30(31(28)25-10-6-20(2)7-11-25)24-12-16-27(17-13-24)36-19-23-8-14-26(32)15-9-23;1-4(2,3)5/h6-17H,5,18-19H2,1-4H3;5H,1-3H3. The van der Waals surface area contributed by atoms with Crippen LogP contribution in [0.25, 0.3) is 22.3 Å². The first kappa shape index (κ1) is 31.5. The van der Waals surface area contributed by atoms with Crippen LogP contribution in [0.5, 0.6) is 5.75 Å². The van der Waals surface area contributed by atoms with Gasteiger partial charge in [0.25, 0.3) is 0 Å². The highest BCUT2D eigenvalue weighted by Crippen LogP contribution is 2.39. The van der Waals surface area contributed by atoms with Gasteiger partial charge in [-0.1, -0.05) is 54.1 Å². The van der Waals surface area contributed by atoms with Crippen LogP contribution in [0, 0.1) is 26.6 Å². The minimum Gasteiger partial charge on any atom is -0.489 e. The Labute approximate surface area is 243 Å². The molecule has 0 saturated heterocycles. The van der Waals surface area contributed by atoms with Crippen LogP contribution in [0.3, 0.4) is 0 Å². The van der Waals surface area contributed by atoms with Crippen molar-refractivity contribution in [3.63, 3.8) is 0 Å². The number of hydrogen-bond donors (Lipinski definition) is 1. The minimum atomic E-state index is -0.500. The molecular weight excluding hydrogens is 517 g/mol. The minimum absolute atomic E-state index is 0.155. The molecule has 5 nitrogen and oxygen atoms in total. The maximum atomic E-state index is 13.2. The van der Waals surface area contributed by atoms with Crippen molar-refractivity contribution in [3.05, 3.63) is 107 Å². The summed E-state index contributed by atoms with van der Waals surface area (Å²) in [6, 6.07) is 22.4. The van der Waals surface area contributed by atoms with Gasteiger partial charge in [0.1, 0.15) is 18.2 Å². The molecule has 41 heavy (non-hydrogen) atoms. The van der Waals surface area contributed by atoms with Gasteiger partial charge in [0.05, 0.1) is 18.6 Å².